The lowest BCUT2D eigenvalue weighted by atomic mass is 9.99. The average molecular weight is 227 g/mol. The number of aliphatic hydroxyl groups is 1. The van der Waals surface area contributed by atoms with Crippen molar-refractivity contribution in [3.63, 3.8) is 0 Å². The zero-order valence-corrected chi connectivity index (χ0v) is 10.1. The molecule has 92 valence electrons. The molecule has 2 atom stereocenters. The van der Waals surface area contributed by atoms with Gasteiger partial charge in [0.2, 0.25) is 5.91 Å². The van der Waals surface area contributed by atoms with E-state index < -0.39 is 0 Å². The Labute approximate surface area is 96.6 Å². The number of amides is 1. The van der Waals surface area contributed by atoms with Crippen LogP contribution in [0.5, 0.6) is 0 Å². The number of piperidine rings is 1. The Morgan fingerprint density at radius 2 is 1.94 bits per heavy atom. The van der Waals surface area contributed by atoms with Crippen molar-refractivity contribution in [2.75, 3.05) is 6.61 Å². The summed E-state index contributed by atoms with van der Waals surface area (Å²) in [4.78, 5) is 13.5. The van der Waals surface area contributed by atoms with Crippen LogP contribution in [0.25, 0.3) is 0 Å². The minimum atomic E-state index is -0.358. The average Bonchev–Trinajstić information content (AvgIpc) is 2.49. The number of hydrogen-bond acceptors (Lipinski definition) is 3. The van der Waals surface area contributed by atoms with E-state index in [0.717, 1.165) is 25.7 Å². The summed E-state index contributed by atoms with van der Waals surface area (Å²) in [5.74, 6) is -0.115. The first-order chi connectivity index (χ1) is 7.61. The molecule has 1 N–H and O–H groups in total. The van der Waals surface area contributed by atoms with Gasteiger partial charge in [-0.3, -0.25) is 4.79 Å². The Morgan fingerprint density at radius 1 is 1.38 bits per heavy atom. The normalized spacial score (nSPS) is 33.5. The van der Waals surface area contributed by atoms with Crippen molar-refractivity contribution in [2.45, 2.75) is 63.8 Å². The Kier molecular flexibility index (Phi) is 3.50. The second kappa shape index (κ2) is 4.72. The van der Waals surface area contributed by atoms with E-state index in [1.807, 2.05) is 18.7 Å². The van der Waals surface area contributed by atoms with Crippen LogP contribution in [0.15, 0.2) is 0 Å². The highest BCUT2D eigenvalue weighted by Gasteiger charge is 2.43. The molecule has 0 aromatic rings. The highest BCUT2D eigenvalue weighted by atomic mass is 16.5. The van der Waals surface area contributed by atoms with Crippen molar-refractivity contribution in [3.05, 3.63) is 0 Å². The molecule has 0 radical (unpaired) electrons. The molecule has 0 aromatic heterocycles. The number of fused-ring (bicyclic) bond motifs is 2. The Balaban J connectivity index is 1.98. The van der Waals surface area contributed by atoms with Crippen molar-refractivity contribution in [2.24, 2.45) is 0 Å². The Bertz CT molecular complexity index is 253. The number of ether oxygens (including phenoxy) is 1. The number of aliphatic hydroxyl groups excluding tert-OH is 1. The van der Waals surface area contributed by atoms with Gasteiger partial charge in [-0.15, -0.1) is 0 Å². The summed E-state index contributed by atoms with van der Waals surface area (Å²) in [6.45, 7) is 3.74. The standard InChI is InChI=1S/C12H21NO3/c1-8(2)16-11-5-9-3-4-10(6-11)13(9)12(15)7-14/h8-11,14H,3-7H2,1-2H3. The highest BCUT2D eigenvalue weighted by Crippen LogP contribution is 2.37. The van der Waals surface area contributed by atoms with Crippen LogP contribution >= 0.6 is 0 Å². The number of carbonyl (C=O) groups excluding carboxylic acids is 1. The van der Waals surface area contributed by atoms with Crippen molar-refractivity contribution in [1.29, 1.82) is 0 Å². The van der Waals surface area contributed by atoms with Crippen LogP contribution in [0.2, 0.25) is 0 Å². The lowest BCUT2D eigenvalue weighted by molar-refractivity contribution is -0.142. The summed E-state index contributed by atoms with van der Waals surface area (Å²) in [7, 11) is 0. The predicted molar refractivity (Wildman–Crippen MR) is 60.0 cm³/mol. The molecular weight excluding hydrogens is 206 g/mol. The smallest absolute Gasteiger partial charge is 0.248 e. The molecule has 0 saturated carbocycles. The molecule has 2 unspecified atom stereocenters. The third kappa shape index (κ3) is 2.23. The van der Waals surface area contributed by atoms with Crippen LogP contribution in [-0.2, 0) is 9.53 Å². The fraction of sp³-hybridized carbons (Fsp3) is 0.917. The maximum Gasteiger partial charge on any atom is 0.248 e. The lowest BCUT2D eigenvalue weighted by Gasteiger charge is -2.39. The minimum Gasteiger partial charge on any atom is -0.387 e. The van der Waals surface area contributed by atoms with Crippen LogP contribution in [0.3, 0.4) is 0 Å². The van der Waals surface area contributed by atoms with Gasteiger partial charge in [-0.2, -0.15) is 0 Å². The molecule has 1 amide bonds. The zero-order chi connectivity index (χ0) is 11.7. The quantitative estimate of drug-likeness (QED) is 0.780. The molecule has 4 nitrogen and oxygen atoms in total. The number of carbonyl (C=O) groups is 1. The second-order valence-corrected chi connectivity index (χ2v) is 5.12. The molecule has 2 saturated heterocycles. The summed E-state index contributed by atoms with van der Waals surface area (Å²) in [6.07, 6.45) is 4.54. The van der Waals surface area contributed by atoms with Gasteiger partial charge >= 0.3 is 0 Å². The molecule has 0 spiro atoms. The van der Waals surface area contributed by atoms with Crippen LogP contribution in [0.1, 0.15) is 39.5 Å². The van der Waals surface area contributed by atoms with Gasteiger partial charge in [0.25, 0.3) is 0 Å². The van der Waals surface area contributed by atoms with Gasteiger partial charge < -0.3 is 14.7 Å². The van der Waals surface area contributed by atoms with E-state index >= 15 is 0 Å². The fourth-order valence-corrected chi connectivity index (χ4v) is 3.11. The summed E-state index contributed by atoms with van der Waals surface area (Å²) >= 11 is 0. The number of rotatable bonds is 3. The first-order valence-corrected chi connectivity index (χ1v) is 6.19. The van der Waals surface area contributed by atoms with Crippen LogP contribution in [-0.4, -0.2) is 46.8 Å². The molecule has 2 aliphatic heterocycles. The molecule has 4 heteroatoms. The van der Waals surface area contributed by atoms with E-state index in [9.17, 15) is 4.79 Å². The Hall–Kier alpha value is -0.610. The van der Waals surface area contributed by atoms with E-state index in [-0.39, 0.29) is 18.6 Å². The number of nitrogens with zero attached hydrogens (tertiary/aromatic N) is 1. The van der Waals surface area contributed by atoms with E-state index in [0.29, 0.717) is 18.2 Å². The van der Waals surface area contributed by atoms with Gasteiger partial charge in [-0.05, 0) is 39.5 Å². The summed E-state index contributed by atoms with van der Waals surface area (Å²) < 4.78 is 5.83. The van der Waals surface area contributed by atoms with E-state index in [4.69, 9.17) is 9.84 Å². The predicted octanol–water partition coefficient (Wildman–Crippen LogP) is 0.926. The topological polar surface area (TPSA) is 49.8 Å². The monoisotopic (exact) mass is 227 g/mol. The van der Waals surface area contributed by atoms with Crippen molar-refractivity contribution in [1.82, 2.24) is 4.90 Å². The molecule has 2 aliphatic rings. The highest BCUT2D eigenvalue weighted by molar-refractivity contribution is 5.78. The van der Waals surface area contributed by atoms with Crippen molar-refractivity contribution in [3.8, 4) is 0 Å². The summed E-state index contributed by atoms with van der Waals surface area (Å²) in [6, 6.07) is 0.587. The lowest BCUT2D eigenvalue weighted by Crippen LogP contribution is -2.49. The molecule has 2 bridgehead atoms. The van der Waals surface area contributed by atoms with Crippen molar-refractivity contribution < 1.29 is 14.6 Å². The first kappa shape index (κ1) is 11.9. The van der Waals surface area contributed by atoms with E-state index in [1.165, 1.54) is 0 Å². The van der Waals surface area contributed by atoms with Gasteiger partial charge in [0, 0.05) is 12.1 Å². The molecule has 2 fully saturated rings. The van der Waals surface area contributed by atoms with E-state index in [2.05, 4.69) is 0 Å². The molecule has 0 aromatic carbocycles. The zero-order valence-electron chi connectivity index (χ0n) is 10.1. The summed E-state index contributed by atoms with van der Waals surface area (Å²) in [5.41, 5.74) is 0. The van der Waals surface area contributed by atoms with Gasteiger partial charge in [-0.25, -0.2) is 0 Å². The molecular formula is C12H21NO3. The van der Waals surface area contributed by atoms with Crippen LogP contribution < -0.4 is 0 Å². The van der Waals surface area contributed by atoms with Crippen LogP contribution in [0, 0.1) is 0 Å². The van der Waals surface area contributed by atoms with Gasteiger partial charge in [0.15, 0.2) is 0 Å². The maximum atomic E-state index is 11.6. The number of hydrogen-bond donors (Lipinski definition) is 1. The fourth-order valence-electron chi connectivity index (χ4n) is 3.11. The maximum absolute atomic E-state index is 11.6. The van der Waals surface area contributed by atoms with Crippen LogP contribution in [0.4, 0.5) is 0 Å². The molecule has 2 rings (SSSR count). The van der Waals surface area contributed by atoms with Crippen molar-refractivity contribution >= 4 is 5.91 Å². The molecule has 0 aliphatic carbocycles. The SMILES string of the molecule is CC(C)OC1CC2CCC(C1)N2C(=O)CO. The van der Waals surface area contributed by atoms with Gasteiger partial charge in [-0.1, -0.05) is 0 Å². The molecule has 2 heterocycles. The third-order valence-electron chi connectivity index (χ3n) is 3.58. The first-order valence-electron chi connectivity index (χ1n) is 6.19. The summed E-state index contributed by atoms with van der Waals surface area (Å²) in [5, 5.41) is 8.94. The van der Waals surface area contributed by atoms with Gasteiger partial charge in [0.1, 0.15) is 6.61 Å². The third-order valence-corrected chi connectivity index (χ3v) is 3.58. The van der Waals surface area contributed by atoms with E-state index in [1.54, 1.807) is 0 Å². The Morgan fingerprint density at radius 3 is 2.38 bits per heavy atom. The largest absolute Gasteiger partial charge is 0.387 e. The minimum absolute atomic E-state index is 0.115. The molecule has 16 heavy (non-hydrogen) atoms. The second-order valence-electron chi connectivity index (χ2n) is 5.12. The van der Waals surface area contributed by atoms with Gasteiger partial charge in [0.05, 0.1) is 12.2 Å².